The second-order valence-electron chi connectivity index (χ2n) is 5.78. The van der Waals surface area contributed by atoms with Crippen LogP contribution in [0.3, 0.4) is 0 Å². The number of halogens is 2. The van der Waals surface area contributed by atoms with E-state index in [-0.39, 0.29) is 35.7 Å². The highest BCUT2D eigenvalue weighted by atomic mass is 79.9. The minimum atomic E-state index is -0.356. The first-order valence-electron chi connectivity index (χ1n) is 8.27. The van der Waals surface area contributed by atoms with Gasteiger partial charge in [-0.1, -0.05) is 22.0 Å². The molecule has 0 saturated carbocycles. The van der Waals surface area contributed by atoms with E-state index >= 15 is 0 Å². The van der Waals surface area contributed by atoms with E-state index in [0.717, 1.165) is 4.47 Å². The summed E-state index contributed by atoms with van der Waals surface area (Å²) in [6.45, 7) is 6.44. The van der Waals surface area contributed by atoms with Crippen molar-refractivity contribution in [2.24, 2.45) is 0 Å². The molecular formula is C18H22BrFN2O3S. The second-order valence-corrected chi connectivity index (χ2v) is 7.69. The first-order chi connectivity index (χ1) is 12.5. The largest absolute Gasteiger partial charge is 0.378 e. The highest BCUT2D eigenvalue weighted by Crippen LogP contribution is 2.18. The third-order valence-electron chi connectivity index (χ3n) is 3.89. The quantitative estimate of drug-likeness (QED) is 0.578. The molecule has 0 spiro atoms. The summed E-state index contributed by atoms with van der Waals surface area (Å²) in [5.41, 5.74) is 0.434. The monoisotopic (exact) mass is 444 g/mol. The molecule has 2 rings (SSSR count). The van der Waals surface area contributed by atoms with E-state index in [1.54, 1.807) is 23.1 Å². The predicted octanol–water partition coefficient (Wildman–Crippen LogP) is 2.69. The molecule has 1 saturated heterocycles. The lowest BCUT2D eigenvalue weighted by Gasteiger charge is -2.27. The molecule has 142 valence electrons. The Labute approximate surface area is 165 Å². The Hall–Kier alpha value is -1.38. The fourth-order valence-corrected chi connectivity index (χ4v) is 3.73. The molecule has 0 radical (unpaired) electrons. The Morgan fingerprint density at radius 3 is 2.77 bits per heavy atom. The van der Waals surface area contributed by atoms with Crippen LogP contribution in [0.4, 0.5) is 4.39 Å². The molecule has 5 nitrogen and oxygen atoms in total. The number of thioether (sulfide) groups is 1. The van der Waals surface area contributed by atoms with Crippen molar-refractivity contribution in [3.63, 3.8) is 0 Å². The van der Waals surface area contributed by atoms with Crippen LogP contribution in [0.2, 0.25) is 0 Å². The third-order valence-corrected chi connectivity index (χ3v) is 5.28. The van der Waals surface area contributed by atoms with Gasteiger partial charge in [-0.25, -0.2) is 4.39 Å². The van der Waals surface area contributed by atoms with Gasteiger partial charge in [-0.2, -0.15) is 0 Å². The standard InChI is InChI=1S/C18H22BrFN2O3S/c1-2-5-22(11-14-10-15(19)3-4-16(14)20)18(24)13-26-12-17(23)21-6-8-25-9-7-21/h2-4,10H,1,5-9,11-13H2. The molecule has 1 heterocycles. The van der Waals surface area contributed by atoms with Crippen molar-refractivity contribution in [3.8, 4) is 0 Å². The van der Waals surface area contributed by atoms with Crippen LogP contribution >= 0.6 is 27.7 Å². The van der Waals surface area contributed by atoms with Gasteiger partial charge in [-0.15, -0.1) is 18.3 Å². The smallest absolute Gasteiger partial charge is 0.233 e. The van der Waals surface area contributed by atoms with E-state index in [2.05, 4.69) is 22.5 Å². The summed E-state index contributed by atoms with van der Waals surface area (Å²) in [5, 5.41) is 0. The summed E-state index contributed by atoms with van der Waals surface area (Å²) < 4.78 is 19.9. The van der Waals surface area contributed by atoms with Gasteiger partial charge in [0.15, 0.2) is 0 Å². The van der Waals surface area contributed by atoms with Gasteiger partial charge in [0.05, 0.1) is 24.7 Å². The molecular weight excluding hydrogens is 423 g/mol. The zero-order valence-corrected chi connectivity index (χ0v) is 16.9. The van der Waals surface area contributed by atoms with Gasteiger partial charge in [0.2, 0.25) is 11.8 Å². The molecule has 1 aliphatic heterocycles. The van der Waals surface area contributed by atoms with Crippen molar-refractivity contribution in [1.29, 1.82) is 0 Å². The van der Waals surface area contributed by atoms with Crippen LogP contribution < -0.4 is 0 Å². The second kappa shape index (κ2) is 10.7. The van der Waals surface area contributed by atoms with E-state index in [4.69, 9.17) is 4.74 Å². The molecule has 0 aliphatic carbocycles. The molecule has 1 aromatic carbocycles. The minimum absolute atomic E-state index is 0.0133. The van der Waals surface area contributed by atoms with Crippen molar-refractivity contribution in [2.75, 3.05) is 44.4 Å². The summed E-state index contributed by atoms with van der Waals surface area (Å²) in [7, 11) is 0. The Morgan fingerprint density at radius 2 is 2.08 bits per heavy atom. The van der Waals surface area contributed by atoms with E-state index in [1.807, 2.05) is 0 Å². The molecule has 0 atom stereocenters. The third kappa shape index (κ3) is 6.41. The van der Waals surface area contributed by atoms with Gasteiger partial charge in [0.1, 0.15) is 5.82 Å². The van der Waals surface area contributed by atoms with Gasteiger partial charge >= 0.3 is 0 Å². The minimum Gasteiger partial charge on any atom is -0.378 e. The average molecular weight is 445 g/mol. The van der Waals surface area contributed by atoms with Gasteiger partial charge in [0, 0.05) is 36.2 Å². The van der Waals surface area contributed by atoms with Gasteiger partial charge in [0.25, 0.3) is 0 Å². The number of nitrogens with zero attached hydrogens (tertiary/aromatic N) is 2. The number of benzene rings is 1. The summed E-state index contributed by atoms with van der Waals surface area (Å²) >= 11 is 4.59. The number of rotatable bonds is 8. The molecule has 0 unspecified atom stereocenters. The van der Waals surface area contributed by atoms with Crippen LogP contribution in [-0.2, 0) is 20.9 Å². The first-order valence-corrected chi connectivity index (χ1v) is 10.2. The Balaban J connectivity index is 1.86. The van der Waals surface area contributed by atoms with Crippen LogP contribution in [0.5, 0.6) is 0 Å². The normalized spacial score (nSPS) is 14.2. The maximum atomic E-state index is 13.9. The lowest BCUT2D eigenvalue weighted by Crippen LogP contribution is -2.41. The number of morpholine rings is 1. The number of hydrogen-bond acceptors (Lipinski definition) is 4. The molecule has 0 N–H and O–H groups in total. The van der Waals surface area contributed by atoms with Gasteiger partial charge in [-0.05, 0) is 18.2 Å². The fourth-order valence-electron chi connectivity index (χ4n) is 2.50. The molecule has 1 fully saturated rings. The SMILES string of the molecule is C=CCN(Cc1cc(Br)ccc1F)C(=O)CSCC(=O)N1CCOCC1. The highest BCUT2D eigenvalue weighted by Gasteiger charge is 2.19. The molecule has 1 aromatic rings. The summed E-state index contributed by atoms with van der Waals surface area (Å²) in [6.07, 6.45) is 1.61. The lowest BCUT2D eigenvalue weighted by molar-refractivity contribution is -0.132. The molecule has 1 aliphatic rings. The van der Waals surface area contributed by atoms with E-state index < -0.39 is 0 Å². The number of amides is 2. The van der Waals surface area contributed by atoms with Crippen molar-refractivity contribution in [2.45, 2.75) is 6.54 Å². The van der Waals surface area contributed by atoms with E-state index in [1.165, 1.54) is 22.7 Å². The molecule has 2 amide bonds. The zero-order chi connectivity index (χ0) is 18.9. The van der Waals surface area contributed by atoms with E-state index in [0.29, 0.717) is 38.4 Å². The molecule has 0 aromatic heterocycles. The maximum absolute atomic E-state index is 13.9. The summed E-state index contributed by atoms with van der Waals surface area (Å²) in [6, 6.07) is 4.64. The van der Waals surface area contributed by atoms with Gasteiger partial charge in [-0.3, -0.25) is 9.59 Å². The van der Waals surface area contributed by atoms with Crippen molar-refractivity contribution >= 4 is 39.5 Å². The molecule has 8 heteroatoms. The predicted molar refractivity (Wildman–Crippen MR) is 104 cm³/mol. The van der Waals surface area contributed by atoms with Crippen LogP contribution in [0, 0.1) is 5.82 Å². The van der Waals surface area contributed by atoms with Crippen LogP contribution in [0.15, 0.2) is 35.3 Å². The highest BCUT2D eigenvalue weighted by molar-refractivity contribution is 9.10. The summed E-state index contributed by atoms with van der Waals surface area (Å²) in [5.74, 6) is -0.0768. The number of carbonyl (C=O) groups is 2. The van der Waals surface area contributed by atoms with Crippen LogP contribution in [-0.4, -0.2) is 66.0 Å². The Kier molecular flexibility index (Phi) is 8.61. The molecule has 26 heavy (non-hydrogen) atoms. The Bertz CT molecular complexity index is 653. The maximum Gasteiger partial charge on any atom is 0.233 e. The zero-order valence-electron chi connectivity index (χ0n) is 14.5. The first kappa shape index (κ1) is 20.9. The van der Waals surface area contributed by atoms with Gasteiger partial charge < -0.3 is 14.5 Å². The number of hydrogen-bond donors (Lipinski definition) is 0. The van der Waals surface area contributed by atoms with E-state index in [9.17, 15) is 14.0 Å². The Morgan fingerprint density at radius 1 is 1.35 bits per heavy atom. The topological polar surface area (TPSA) is 49.9 Å². The average Bonchev–Trinajstić information content (AvgIpc) is 2.64. The van der Waals surface area contributed by atoms with Crippen molar-refractivity contribution < 1.29 is 18.7 Å². The summed E-state index contributed by atoms with van der Waals surface area (Å²) in [4.78, 5) is 27.9. The number of carbonyl (C=O) groups excluding carboxylic acids is 2. The fraction of sp³-hybridized carbons (Fsp3) is 0.444. The van der Waals surface area contributed by atoms with Crippen molar-refractivity contribution in [3.05, 3.63) is 46.7 Å². The molecule has 0 bridgehead atoms. The number of ether oxygens (including phenoxy) is 1. The van der Waals surface area contributed by atoms with Crippen LogP contribution in [0.1, 0.15) is 5.56 Å². The van der Waals surface area contributed by atoms with Crippen LogP contribution in [0.25, 0.3) is 0 Å². The van der Waals surface area contributed by atoms with Crippen molar-refractivity contribution in [1.82, 2.24) is 9.80 Å². The lowest BCUT2D eigenvalue weighted by atomic mass is 10.2.